The van der Waals surface area contributed by atoms with Crippen molar-refractivity contribution in [1.29, 1.82) is 0 Å². The van der Waals surface area contributed by atoms with E-state index in [4.69, 9.17) is 4.74 Å². The summed E-state index contributed by atoms with van der Waals surface area (Å²) in [6, 6.07) is 12.6. The summed E-state index contributed by atoms with van der Waals surface area (Å²) < 4.78 is 55.4. The first kappa shape index (κ1) is 20.7. The Morgan fingerprint density at radius 1 is 1.00 bits per heavy atom. The third kappa shape index (κ3) is 4.37. The molecule has 5 nitrogen and oxygen atoms in total. The summed E-state index contributed by atoms with van der Waals surface area (Å²) in [4.78, 5) is 12.6. The molecule has 0 saturated carbocycles. The van der Waals surface area contributed by atoms with Crippen LogP contribution in [0, 0.1) is 11.6 Å². The van der Waals surface area contributed by atoms with Gasteiger partial charge in [-0.2, -0.15) is 4.39 Å². The highest BCUT2D eigenvalue weighted by molar-refractivity contribution is 7.90. The molecule has 0 aromatic heterocycles. The Balaban J connectivity index is 2.07. The summed E-state index contributed by atoms with van der Waals surface area (Å²) in [5.74, 6) is -2.91. The van der Waals surface area contributed by atoms with Crippen LogP contribution >= 0.6 is 0 Å². The summed E-state index contributed by atoms with van der Waals surface area (Å²) >= 11 is 0. The maximum atomic E-state index is 14.2. The second kappa shape index (κ2) is 8.16. The van der Waals surface area contributed by atoms with Crippen molar-refractivity contribution in [2.75, 3.05) is 25.7 Å². The van der Waals surface area contributed by atoms with Gasteiger partial charge in [-0.25, -0.2) is 12.8 Å². The SMILES string of the molecule is COc1c(-c2ccc(C(=O)NCCS(C)(=O)=O)c3ccccc23)ccc(F)c1F. The Morgan fingerprint density at radius 2 is 1.66 bits per heavy atom. The molecule has 0 radical (unpaired) electrons. The van der Waals surface area contributed by atoms with Crippen molar-refractivity contribution in [1.82, 2.24) is 5.32 Å². The van der Waals surface area contributed by atoms with Crippen LogP contribution in [-0.4, -0.2) is 40.0 Å². The molecule has 3 aromatic rings. The Morgan fingerprint density at radius 3 is 2.31 bits per heavy atom. The highest BCUT2D eigenvalue weighted by atomic mass is 32.2. The van der Waals surface area contributed by atoms with E-state index in [1.807, 2.05) is 0 Å². The number of rotatable bonds is 6. The molecule has 1 N–H and O–H groups in total. The van der Waals surface area contributed by atoms with Gasteiger partial charge in [-0.1, -0.05) is 30.3 Å². The molecular formula is C21H19F2NO4S. The van der Waals surface area contributed by atoms with Gasteiger partial charge in [0.2, 0.25) is 5.82 Å². The van der Waals surface area contributed by atoms with E-state index in [0.717, 1.165) is 12.3 Å². The lowest BCUT2D eigenvalue weighted by Gasteiger charge is -2.15. The molecule has 8 heteroatoms. The zero-order valence-electron chi connectivity index (χ0n) is 15.8. The minimum atomic E-state index is -3.20. The molecule has 152 valence electrons. The quantitative estimate of drug-likeness (QED) is 0.663. The highest BCUT2D eigenvalue weighted by Crippen LogP contribution is 2.38. The second-order valence-electron chi connectivity index (χ2n) is 6.53. The molecule has 1 amide bonds. The largest absolute Gasteiger partial charge is 0.493 e. The highest BCUT2D eigenvalue weighted by Gasteiger charge is 2.19. The summed E-state index contributed by atoms with van der Waals surface area (Å²) in [7, 11) is -1.94. The number of methoxy groups -OCH3 is 1. The average molecular weight is 419 g/mol. The first-order chi connectivity index (χ1) is 13.7. The van der Waals surface area contributed by atoms with E-state index in [2.05, 4.69) is 5.32 Å². The van der Waals surface area contributed by atoms with Crippen LogP contribution in [0.15, 0.2) is 48.5 Å². The van der Waals surface area contributed by atoms with E-state index >= 15 is 0 Å². The maximum Gasteiger partial charge on any atom is 0.251 e. The lowest BCUT2D eigenvalue weighted by molar-refractivity contribution is 0.0958. The van der Waals surface area contributed by atoms with Crippen LogP contribution in [0.4, 0.5) is 8.78 Å². The fourth-order valence-corrected chi connectivity index (χ4v) is 3.59. The zero-order chi connectivity index (χ0) is 21.2. The number of ether oxygens (including phenoxy) is 1. The Kier molecular flexibility index (Phi) is 5.83. The molecule has 0 atom stereocenters. The molecule has 0 saturated heterocycles. The van der Waals surface area contributed by atoms with Crippen molar-refractivity contribution >= 4 is 26.5 Å². The maximum absolute atomic E-state index is 14.2. The normalized spacial score (nSPS) is 11.4. The monoisotopic (exact) mass is 419 g/mol. The van der Waals surface area contributed by atoms with Crippen molar-refractivity contribution in [2.45, 2.75) is 0 Å². The number of nitrogens with one attached hydrogen (secondary N) is 1. The third-order valence-electron chi connectivity index (χ3n) is 4.47. The lowest BCUT2D eigenvalue weighted by Crippen LogP contribution is -2.28. The van der Waals surface area contributed by atoms with Crippen LogP contribution in [0.2, 0.25) is 0 Å². The predicted molar refractivity (Wildman–Crippen MR) is 108 cm³/mol. The molecule has 0 fully saturated rings. The van der Waals surface area contributed by atoms with Gasteiger partial charge in [-0.15, -0.1) is 0 Å². The van der Waals surface area contributed by atoms with E-state index in [1.54, 1.807) is 36.4 Å². The fraction of sp³-hybridized carbons (Fsp3) is 0.190. The van der Waals surface area contributed by atoms with Crippen LogP contribution in [-0.2, 0) is 9.84 Å². The minimum absolute atomic E-state index is 0.00919. The Hall–Kier alpha value is -3.00. The number of benzene rings is 3. The first-order valence-corrected chi connectivity index (χ1v) is 10.8. The van der Waals surface area contributed by atoms with Gasteiger partial charge in [0.1, 0.15) is 9.84 Å². The Bertz CT molecular complexity index is 1190. The Labute approximate surface area is 167 Å². The van der Waals surface area contributed by atoms with E-state index in [-0.39, 0.29) is 18.0 Å². The number of amides is 1. The second-order valence-corrected chi connectivity index (χ2v) is 8.79. The van der Waals surface area contributed by atoms with Crippen molar-refractivity contribution in [2.24, 2.45) is 0 Å². The predicted octanol–water partition coefficient (Wildman–Crippen LogP) is 3.57. The molecule has 0 heterocycles. The van der Waals surface area contributed by atoms with Gasteiger partial charge in [-0.05, 0) is 34.5 Å². The molecule has 3 rings (SSSR count). The molecule has 0 unspecified atom stereocenters. The van der Waals surface area contributed by atoms with Crippen LogP contribution in [0.1, 0.15) is 10.4 Å². The number of halogens is 2. The van der Waals surface area contributed by atoms with Crippen molar-refractivity contribution < 1.29 is 26.7 Å². The molecule has 0 aliphatic heterocycles. The number of hydrogen-bond donors (Lipinski definition) is 1. The number of hydrogen-bond acceptors (Lipinski definition) is 4. The van der Waals surface area contributed by atoms with Crippen LogP contribution in [0.25, 0.3) is 21.9 Å². The van der Waals surface area contributed by atoms with Gasteiger partial charge < -0.3 is 10.1 Å². The molecule has 0 spiro atoms. The van der Waals surface area contributed by atoms with Gasteiger partial charge >= 0.3 is 0 Å². The van der Waals surface area contributed by atoms with Gasteiger partial charge in [0, 0.05) is 23.9 Å². The van der Waals surface area contributed by atoms with Crippen LogP contribution in [0.3, 0.4) is 0 Å². The van der Waals surface area contributed by atoms with Gasteiger partial charge in [0.05, 0.1) is 12.9 Å². The van der Waals surface area contributed by atoms with Gasteiger partial charge in [0.15, 0.2) is 11.6 Å². The smallest absolute Gasteiger partial charge is 0.251 e. The van der Waals surface area contributed by atoms with Gasteiger partial charge in [0.25, 0.3) is 5.91 Å². The molecule has 0 aliphatic rings. The topological polar surface area (TPSA) is 72.5 Å². The van der Waals surface area contributed by atoms with Crippen molar-refractivity contribution in [3.8, 4) is 16.9 Å². The van der Waals surface area contributed by atoms with E-state index in [0.29, 0.717) is 27.5 Å². The average Bonchev–Trinajstić information content (AvgIpc) is 2.68. The molecule has 29 heavy (non-hydrogen) atoms. The van der Waals surface area contributed by atoms with Crippen LogP contribution < -0.4 is 10.1 Å². The van der Waals surface area contributed by atoms with E-state index in [9.17, 15) is 22.0 Å². The number of sulfone groups is 1. The fourth-order valence-electron chi connectivity index (χ4n) is 3.12. The standard InChI is InChI=1S/C21H19F2NO4S/c1-28-20-16(9-10-18(22)19(20)23)15-7-8-17(14-6-4-3-5-13(14)15)21(25)24-11-12-29(2,26)27/h3-10H,11-12H2,1-2H3,(H,24,25). The minimum Gasteiger partial charge on any atom is -0.493 e. The summed E-state index contributed by atoms with van der Waals surface area (Å²) in [5.41, 5.74) is 1.27. The van der Waals surface area contributed by atoms with Crippen molar-refractivity contribution in [3.05, 3.63) is 65.7 Å². The lowest BCUT2D eigenvalue weighted by atomic mass is 9.94. The van der Waals surface area contributed by atoms with Crippen LogP contribution in [0.5, 0.6) is 5.75 Å². The summed E-state index contributed by atoms with van der Waals surface area (Å²) in [6.45, 7) is -0.00919. The molecule has 0 aliphatic carbocycles. The summed E-state index contributed by atoms with van der Waals surface area (Å²) in [6.07, 6.45) is 1.10. The van der Waals surface area contributed by atoms with Crippen molar-refractivity contribution in [3.63, 3.8) is 0 Å². The van der Waals surface area contributed by atoms with E-state index < -0.39 is 27.4 Å². The number of fused-ring (bicyclic) bond motifs is 1. The first-order valence-electron chi connectivity index (χ1n) is 8.73. The number of carbonyl (C=O) groups excluding carboxylic acids is 1. The number of carbonyl (C=O) groups is 1. The van der Waals surface area contributed by atoms with Gasteiger partial charge in [-0.3, -0.25) is 4.79 Å². The molecule has 0 bridgehead atoms. The van der Waals surface area contributed by atoms with E-state index in [1.165, 1.54) is 13.2 Å². The molecular weight excluding hydrogens is 400 g/mol. The zero-order valence-corrected chi connectivity index (χ0v) is 16.6. The summed E-state index contributed by atoms with van der Waals surface area (Å²) in [5, 5.41) is 3.83. The molecule has 3 aromatic carbocycles. The third-order valence-corrected chi connectivity index (χ3v) is 5.42.